The summed E-state index contributed by atoms with van der Waals surface area (Å²) >= 11 is 0.686. The Morgan fingerprint density at radius 3 is 2.62 bits per heavy atom. The van der Waals surface area contributed by atoms with Gasteiger partial charge in [-0.3, -0.25) is 20.2 Å². The number of rotatable bonds is 4. The first-order valence-corrected chi connectivity index (χ1v) is 8.20. The Kier molecular flexibility index (Phi) is 4.00. The van der Waals surface area contributed by atoms with Crippen molar-refractivity contribution in [3.05, 3.63) is 46.1 Å². The zero-order valence-electron chi connectivity index (χ0n) is 10.6. The first-order chi connectivity index (χ1) is 9.79. The normalized spacial score (nSPS) is 11.1. The van der Waals surface area contributed by atoms with E-state index < -0.39 is 20.7 Å². The molecule has 0 aliphatic heterocycles. The highest BCUT2D eigenvalue weighted by atomic mass is 32.2. The summed E-state index contributed by atoms with van der Waals surface area (Å²) in [5.74, 6) is -0.694. The largest absolute Gasteiger partial charge is 0.345 e. The quantitative estimate of drug-likeness (QED) is 0.674. The Morgan fingerprint density at radius 1 is 1.38 bits per heavy atom. The standard InChI is InChI=1S/C11H9N3O5S2/c1-21(18,19)8-5-3-2-4-7(8)10(15)13-11-12-6-9(20-11)14(16)17/h2-6H,1H3,(H,12,13,15). The zero-order valence-corrected chi connectivity index (χ0v) is 12.3. The number of nitrogens with one attached hydrogen (secondary N) is 1. The summed E-state index contributed by atoms with van der Waals surface area (Å²) in [5.41, 5.74) is -0.0437. The van der Waals surface area contributed by atoms with E-state index in [1.807, 2.05) is 0 Å². The second-order valence-corrected chi connectivity index (χ2v) is 6.98. The molecule has 0 radical (unpaired) electrons. The average Bonchev–Trinajstić information content (AvgIpc) is 2.86. The van der Waals surface area contributed by atoms with E-state index >= 15 is 0 Å². The molecule has 0 unspecified atom stereocenters. The van der Waals surface area contributed by atoms with Gasteiger partial charge in [0, 0.05) is 6.26 Å². The van der Waals surface area contributed by atoms with Crippen LogP contribution in [0.4, 0.5) is 10.1 Å². The molecule has 1 aromatic carbocycles. The molecule has 2 rings (SSSR count). The maximum Gasteiger partial charge on any atom is 0.345 e. The lowest BCUT2D eigenvalue weighted by Gasteiger charge is -2.06. The van der Waals surface area contributed by atoms with Crippen molar-refractivity contribution in [2.24, 2.45) is 0 Å². The number of sulfone groups is 1. The summed E-state index contributed by atoms with van der Waals surface area (Å²) in [7, 11) is -3.57. The monoisotopic (exact) mass is 327 g/mol. The number of amides is 1. The predicted octanol–water partition coefficient (Wildman–Crippen LogP) is 1.71. The minimum atomic E-state index is -3.57. The molecule has 0 spiro atoms. The third kappa shape index (κ3) is 3.41. The van der Waals surface area contributed by atoms with Gasteiger partial charge in [-0.25, -0.2) is 13.4 Å². The highest BCUT2D eigenvalue weighted by Gasteiger charge is 2.20. The molecule has 0 aliphatic rings. The lowest BCUT2D eigenvalue weighted by atomic mass is 10.2. The number of benzene rings is 1. The lowest BCUT2D eigenvalue weighted by Crippen LogP contribution is -2.15. The molecule has 21 heavy (non-hydrogen) atoms. The van der Waals surface area contributed by atoms with Crippen molar-refractivity contribution in [1.29, 1.82) is 0 Å². The molecule has 1 heterocycles. The Balaban J connectivity index is 2.31. The first kappa shape index (κ1) is 15.1. The summed E-state index contributed by atoms with van der Waals surface area (Å²) < 4.78 is 23.2. The van der Waals surface area contributed by atoms with Crippen LogP contribution in [0.5, 0.6) is 0 Å². The van der Waals surface area contributed by atoms with Gasteiger partial charge in [-0.15, -0.1) is 0 Å². The summed E-state index contributed by atoms with van der Waals surface area (Å²) in [6.07, 6.45) is 2.01. The molecule has 0 saturated carbocycles. The van der Waals surface area contributed by atoms with Crippen molar-refractivity contribution >= 4 is 37.2 Å². The second-order valence-electron chi connectivity index (χ2n) is 3.98. The maximum absolute atomic E-state index is 12.1. The van der Waals surface area contributed by atoms with E-state index in [0.29, 0.717) is 11.3 Å². The summed E-state index contributed by atoms with van der Waals surface area (Å²) in [4.78, 5) is 25.6. The molecule has 1 aromatic heterocycles. The fourth-order valence-electron chi connectivity index (χ4n) is 1.55. The lowest BCUT2D eigenvalue weighted by molar-refractivity contribution is -0.380. The van der Waals surface area contributed by atoms with Gasteiger partial charge in [0.05, 0.1) is 15.4 Å². The number of nitro groups is 1. The smallest absolute Gasteiger partial charge is 0.298 e. The summed E-state index contributed by atoms with van der Waals surface area (Å²) in [6, 6.07) is 5.69. The highest BCUT2D eigenvalue weighted by Crippen LogP contribution is 2.26. The summed E-state index contributed by atoms with van der Waals surface area (Å²) in [6.45, 7) is 0. The van der Waals surface area contributed by atoms with Crippen molar-refractivity contribution in [3.63, 3.8) is 0 Å². The number of anilines is 1. The number of nitrogens with zero attached hydrogens (tertiary/aromatic N) is 2. The van der Waals surface area contributed by atoms with Crippen LogP contribution in [0.1, 0.15) is 10.4 Å². The number of hydrogen-bond acceptors (Lipinski definition) is 7. The molecule has 2 aromatic rings. The van der Waals surface area contributed by atoms with Crippen molar-refractivity contribution in [2.75, 3.05) is 11.6 Å². The molecule has 0 bridgehead atoms. The van der Waals surface area contributed by atoms with Crippen molar-refractivity contribution in [2.45, 2.75) is 4.90 Å². The van der Waals surface area contributed by atoms with Crippen LogP contribution in [-0.4, -0.2) is 30.5 Å². The van der Waals surface area contributed by atoms with Crippen LogP contribution in [-0.2, 0) is 9.84 Å². The number of carbonyl (C=O) groups is 1. The number of carbonyl (C=O) groups excluding carboxylic acids is 1. The molecular weight excluding hydrogens is 318 g/mol. The fraction of sp³-hybridized carbons (Fsp3) is 0.0909. The molecule has 0 fully saturated rings. The van der Waals surface area contributed by atoms with Crippen LogP contribution in [0.3, 0.4) is 0 Å². The molecule has 8 nitrogen and oxygen atoms in total. The van der Waals surface area contributed by atoms with E-state index in [1.54, 1.807) is 0 Å². The van der Waals surface area contributed by atoms with Crippen molar-refractivity contribution < 1.29 is 18.1 Å². The Bertz CT molecular complexity index is 813. The molecule has 1 amide bonds. The van der Waals surface area contributed by atoms with Crippen molar-refractivity contribution in [1.82, 2.24) is 4.98 Å². The Labute approximate surface area is 123 Å². The third-order valence-corrected chi connectivity index (χ3v) is 4.44. The topological polar surface area (TPSA) is 119 Å². The predicted molar refractivity (Wildman–Crippen MR) is 76.3 cm³/mol. The van der Waals surface area contributed by atoms with E-state index in [-0.39, 0.29) is 20.6 Å². The van der Waals surface area contributed by atoms with Crippen LogP contribution in [0.2, 0.25) is 0 Å². The molecule has 10 heteroatoms. The minimum absolute atomic E-state index is 0.0232. The molecule has 0 atom stereocenters. The summed E-state index contributed by atoms with van der Waals surface area (Å²) in [5, 5.41) is 12.7. The van der Waals surface area contributed by atoms with Gasteiger partial charge in [0.25, 0.3) is 5.91 Å². The van der Waals surface area contributed by atoms with Gasteiger partial charge in [-0.2, -0.15) is 0 Å². The minimum Gasteiger partial charge on any atom is -0.298 e. The van der Waals surface area contributed by atoms with Gasteiger partial charge < -0.3 is 0 Å². The van der Waals surface area contributed by atoms with E-state index in [1.165, 1.54) is 24.3 Å². The van der Waals surface area contributed by atoms with Crippen LogP contribution >= 0.6 is 11.3 Å². The third-order valence-electron chi connectivity index (χ3n) is 2.43. The van der Waals surface area contributed by atoms with E-state index in [9.17, 15) is 23.3 Å². The van der Waals surface area contributed by atoms with Crippen molar-refractivity contribution in [3.8, 4) is 0 Å². The molecular formula is C11H9N3O5S2. The van der Waals surface area contributed by atoms with Crippen LogP contribution in [0.15, 0.2) is 35.4 Å². The highest BCUT2D eigenvalue weighted by molar-refractivity contribution is 7.90. The average molecular weight is 327 g/mol. The van der Waals surface area contributed by atoms with Gasteiger partial charge in [0.15, 0.2) is 15.0 Å². The van der Waals surface area contributed by atoms with Gasteiger partial charge in [-0.05, 0) is 23.5 Å². The van der Waals surface area contributed by atoms with Gasteiger partial charge >= 0.3 is 5.00 Å². The SMILES string of the molecule is CS(=O)(=O)c1ccccc1C(=O)Nc1ncc([N+](=O)[O-])s1. The zero-order chi connectivity index (χ0) is 15.6. The Hall–Kier alpha value is -2.33. The van der Waals surface area contributed by atoms with E-state index in [2.05, 4.69) is 10.3 Å². The van der Waals surface area contributed by atoms with Gasteiger partial charge in [0.1, 0.15) is 6.20 Å². The second kappa shape index (κ2) is 5.58. The molecule has 0 aliphatic carbocycles. The van der Waals surface area contributed by atoms with Crippen LogP contribution in [0, 0.1) is 10.1 Å². The molecule has 0 saturated heterocycles. The fourth-order valence-corrected chi connectivity index (χ4v) is 3.06. The molecule has 1 N–H and O–H groups in total. The van der Waals surface area contributed by atoms with Crippen LogP contribution in [0.25, 0.3) is 0 Å². The maximum atomic E-state index is 12.1. The number of thiazole rings is 1. The van der Waals surface area contributed by atoms with E-state index in [4.69, 9.17) is 0 Å². The molecule has 110 valence electrons. The Morgan fingerprint density at radius 2 is 2.05 bits per heavy atom. The van der Waals surface area contributed by atoms with E-state index in [0.717, 1.165) is 12.5 Å². The number of aromatic nitrogens is 1. The van der Waals surface area contributed by atoms with Crippen LogP contribution < -0.4 is 5.32 Å². The van der Waals surface area contributed by atoms with Gasteiger partial charge in [-0.1, -0.05) is 12.1 Å². The first-order valence-electron chi connectivity index (χ1n) is 5.49. The van der Waals surface area contributed by atoms with Gasteiger partial charge in [0.2, 0.25) is 0 Å². The number of hydrogen-bond donors (Lipinski definition) is 1.